The predicted molar refractivity (Wildman–Crippen MR) is 148 cm³/mol. The van der Waals surface area contributed by atoms with Gasteiger partial charge in [0.2, 0.25) is 5.91 Å². The minimum absolute atomic E-state index is 0.00903. The summed E-state index contributed by atoms with van der Waals surface area (Å²) in [5.41, 5.74) is 16.1. The number of aliphatic hydroxyl groups excluding tert-OH is 2. The van der Waals surface area contributed by atoms with E-state index in [9.17, 15) is 32.4 Å². The molecule has 43 heavy (non-hydrogen) atoms. The number of esters is 2. The van der Waals surface area contributed by atoms with Gasteiger partial charge in [-0.3, -0.25) is 19.2 Å². The van der Waals surface area contributed by atoms with Gasteiger partial charge in [0.1, 0.15) is 12.2 Å². The Morgan fingerprint density at radius 2 is 1.51 bits per heavy atom. The SMILES string of the molecule is CC#N.CC(=O)Nc1ccc(S(=O)(=O)N=[N+]=[N-])cc1.COC(=O)C(=[N+]=[N-])C(=O)CC(C)O.COC(=O)CC(=O)CC(C)O. The second kappa shape index (κ2) is 23.7. The minimum Gasteiger partial charge on any atom is -0.469 e. The van der Waals surface area contributed by atoms with Crippen LogP contribution in [0.5, 0.6) is 0 Å². The van der Waals surface area contributed by atoms with Crippen molar-refractivity contribution in [1.29, 1.82) is 5.26 Å². The number of nitrogens with one attached hydrogen (secondary N) is 1. The van der Waals surface area contributed by atoms with E-state index in [0.29, 0.717) is 5.69 Å². The number of sulfonamides is 1. The molecule has 3 N–H and O–H groups in total. The number of Topliss-reactive ketones (excluding diaryl/α,β-unsaturated/α-hetero) is 2. The van der Waals surface area contributed by atoms with Gasteiger partial charge in [0.05, 0.1) is 37.4 Å². The van der Waals surface area contributed by atoms with E-state index >= 15 is 0 Å². The first-order valence-electron chi connectivity index (χ1n) is 11.7. The maximum Gasteiger partial charge on any atom is 0.441 e. The van der Waals surface area contributed by atoms with Crippen molar-refractivity contribution in [1.82, 2.24) is 0 Å². The van der Waals surface area contributed by atoms with Crippen molar-refractivity contribution in [3.05, 3.63) is 40.2 Å². The molecule has 1 amide bonds. The number of rotatable bonds is 11. The first-order valence-corrected chi connectivity index (χ1v) is 13.2. The first-order chi connectivity index (χ1) is 19.9. The molecule has 0 saturated heterocycles. The fourth-order valence-corrected chi connectivity index (χ4v) is 2.99. The Hall–Kier alpha value is -4.98. The third kappa shape index (κ3) is 22.4. The number of methoxy groups -OCH3 is 2. The second-order valence-corrected chi connectivity index (χ2v) is 9.42. The molecule has 0 heterocycles. The highest BCUT2D eigenvalue weighted by atomic mass is 32.2. The molecule has 2 unspecified atom stereocenters. The van der Waals surface area contributed by atoms with Crippen LogP contribution in [0.2, 0.25) is 0 Å². The summed E-state index contributed by atoms with van der Waals surface area (Å²) in [6.07, 6.45) is -2.11. The van der Waals surface area contributed by atoms with Crippen molar-refractivity contribution >= 4 is 50.8 Å². The van der Waals surface area contributed by atoms with E-state index in [1.165, 1.54) is 59.1 Å². The second-order valence-electron chi connectivity index (χ2n) is 7.84. The molecule has 0 aliphatic carbocycles. The van der Waals surface area contributed by atoms with Gasteiger partial charge >= 0.3 is 17.7 Å². The molecule has 0 saturated carbocycles. The summed E-state index contributed by atoms with van der Waals surface area (Å²) in [5.74, 6) is -2.90. The smallest absolute Gasteiger partial charge is 0.441 e. The molecule has 236 valence electrons. The number of nitrogens with zero attached hydrogens (tertiary/aromatic N) is 6. The number of azide groups is 1. The summed E-state index contributed by atoms with van der Waals surface area (Å²) in [4.78, 5) is 58.3. The lowest BCUT2D eigenvalue weighted by atomic mass is 10.1. The summed E-state index contributed by atoms with van der Waals surface area (Å²) >= 11 is 0. The highest BCUT2D eigenvalue weighted by Gasteiger charge is 2.30. The maximum absolute atomic E-state index is 11.3. The van der Waals surface area contributed by atoms with E-state index in [-0.39, 0.29) is 35.8 Å². The van der Waals surface area contributed by atoms with Gasteiger partial charge in [0, 0.05) is 41.8 Å². The van der Waals surface area contributed by atoms with Crippen LogP contribution >= 0.6 is 0 Å². The molecule has 2 atom stereocenters. The largest absolute Gasteiger partial charge is 0.469 e. The predicted octanol–water partition coefficient (Wildman–Crippen LogP) is 1.23. The third-order valence-electron chi connectivity index (χ3n) is 3.93. The van der Waals surface area contributed by atoms with E-state index in [4.69, 9.17) is 26.5 Å². The lowest BCUT2D eigenvalue weighted by Gasteiger charge is -2.02. The molecule has 0 bridgehead atoms. The number of carbonyl (C=O) groups is 5. The lowest BCUT2D eigenvalue weighted by Crippen LogP contribution is -2.28. The van der Waals surface area contributed by atoms with Crippen LogP contribution < -0.4 is 5.32 Å². The Labute approximate surface area is 247 Å². The summed E-state index contributed by atoms with van der Waals surface area (Å²) in [6, 6.07) is 7.05. The summed E-state index contributed by atoms with van der Waals surface area (Å²) < 4.78 is 33.6. The lowest BCUT2D eigenvalue weighted by molar-refractivity contribution is -0.144. The van der Waals surface area contributed by atoms with Gasteiger partial charge in [-0.25, -0.2) is 13.2 Å². The molecule has 0 radical (unpaired) electrons. The zero-order chi connectivity index (χ0) is 34.2. The molecule has 18 nitrogen and oxygen atoms in total. The van der Waals surface area contributed by atoms with Crippen LogP contribution in [-0.2, 0) is 43.5 Å². The molecule has 0 spiro atoms. The van der Waals surface area contributed by atoms with Gasteiger partial charge in [-0.2, -0.15) is 10.1 Å². The number of carbonyl (C=O) groups excluding carboxylic acids is 5. The van der Waals surface area contributed by atoms with E-state index in [2.05, 4.69) is 29.0 Å². The normalized spacial score (nSPS) is 10.6. The number of ether oxygens (including phenoxy) is 2. The fourth-order valence-electron chi connectivity index (χ4n) is 2.32. The standard InChI is InChI=1S/C8H8N4O3S.C7H10N2O4.C7H12O4.C2H3N/c1-6(13)10-7-2-4-8(5-3-7)16(14,15)12-11-9;1-4(10)3-5(11)6(9-8)7(12)13-2;1-5(8)3-6(9)4-7(10)11-2;1-2-3/h2-5H,1H3,(H,10,13);4,10H,3H2,1-2H3;5,8H,3-4H2,1-2H3;1H3. The Morgan fingerprint density at radius 1 is 1.02 bits per heavy atom. The van der Waals surface area contributed by atoms with Crippen molar-refractivity contribution in [3.8, 4) is 6.07 Å². The number of hydrogen-bond donors (Lipinski definition) is 3. The molecule has 0 aromatic heterocycles. The van der Waals surface area contributed by atoms with Crippen molar-refractivity contribution in [2.75, 3.05) is 19.5 Å². The minimum atomic E-state index is -3.96. The number of nitriles is 1. The number of aliphatic hydroxyl groups is 2. The molecule has 1 rings (SSSR count). The average molecular weight is 628 g/mol. The summed E-state index contributed by atoms with van der Waals surface area (Å²) in [5, 5.41) is 27.3. The molecule has 1 aromatic carbocycles. The van der Waals surface area contributed by atoms with Gasteiger partial charge < -0.3 is 30.5 Å². The van der Waals surface area contributed by atoms with Crippen LogP contribution in [0.25, 0.3) is 16.0 Å². The zero-order valence-electron chi connectivity index (χ0n) is 24.2. The van der Waals surface area contributed by atoms with Gasteiger partial charge in [0.25, 0.3) is 15.8 Å². The van der Waals surface area contributed by atoms with Gasteiger partial charge in [-0.05, 0) is 43.6 Å². The van der Waals surface area contributed by atoms with Crippen LogP contribution in [0.3, 0.4) is 0 Å². The van der Waals surface area contributed by atoms with Crippen molar-refractivity contribution < 1.29 is 56.9 Å². The molecular weight excluding hydrogens is 594 g/mol. The van der Waals surface area contributed by atoms with E-state index in [1.807, 2.05) is 0 Å². The van der Waals surface area contributed by atoms with Crippen LogP contribution in [0, 0.1) is 11.3 Å². The van der Waals surface area contributed by atoms with Crippen LogP contribution in [-0.4, -0.2) is 85.0 Å². The van der Waals surface area contributed by atoms with Gasteiger partial charge in [-0.1, -0.05) is 0 Å². The Kier molecular flexibility index (Phi) is 23.4. The van der Waals surface area contributed by atoms with Crippen molar-refractivity contribution in [3.63, 3.8) is 0 Å². The Bertz CT molecular complexity index is 1340. The zero-order valence-corrected chi connectivity index (χ0v) is 25.1. The first kappa shape index (κ1) is 42.5. The highest BCUT2D eigenvalue weighted by Crippen LogP contribution is 2.16. The average Bonchev–Trinajstić information content (AvgIpc) is 2.89. The third-order valence-corrected chi connectivity index (χ3v) is 5.09. The maximum atomic E-state index is 11.3. The molecule has 0 fully saturated rings. The van der Waals surface area contributed by atoms with Gasteiger partial charge in [0.15, 0.2) is 0 Å². The van der Waals surface area contributed by atoms with Gasteiger partial charge in [-0.15, -0.1) is 0 Å². The van der Waals surface area contributed by atoms with E-state index < -0.39 is 45.7 Å². The number of hydrogen-bond acceptors (Lipinski definition) is 12. The monoisotopic (exact) mass is 627 g/mol. The van der Waals surface area contributed by atoms with E-state index in [1.54, 1.807) is 6.07 Å². The summed E-state index contributed by atoms with van der Waals surface area (Å²) in [7, 11) is -1.68. The molecule has 0 aliphatic heterocycles. The van der Waals surface area contributed by atoms with Crippen molar-refractivity contribution in [2.24, 2.45) is 4.52 Å². The van der Waals surface area contributed by atoms with Crippen molar-refractivity contribution in [2.45, 2.75) is 64.1 Å². The topological polar surface area (TPSA) is 299 Å². The Morgan fingerprint density at radius 3 is 1.86 bits per heavy atom. The number of benzene rings is 1. The van der Waals surface area contributed by atoms with Crippen LogP contribution in [0.4, 0.5) is 5.69 Å². The Balaban J connectivity index is -0.000000542. The quantitative estimate of drug-likeness (QED) is 0.0779. The number of anilines is 1. The molecule has 1 aromatic rings. The summed E-state index contributed by atoms with van der Waals surface area (Å²) in [6.45, 7) is 5.64. The van der Waals surface area contributed by atoms with Crippen LogP contribution in [0.15, 0.2) is 33.7 Å². The highest BCUT2D eigenvalue weighted by molar-refractivity contribution is 7.90. The fraction of sp³-hybridized carbons (Fsp3) is 0.458. The van der Waals surface area contributed by atoms with E-state index in [0.717, 1.165) is 7.11 Å². The van der Waals surface area contributed by atoms with Crippen LogP contribution in [0.1, 0.15) is 47.0 Å². The molecule has 0 aliphatic rings. The molecular formula is C24H33N7O11S. The molecule has 19 heteroatoms. The number of amides is 1. The number of ketones is 2.